The maximum Gasteiger partial charge on any atom is 0.349 e. The number of amides is 1. The molecule has 7 heteroatoms. The van der Waals surface area contributed by atoms with E-state index in [1.54, 1.807) is 24.3 Å². The zero-order valence-corrected chi connectivity index (χ0v) is 10.2. The summed E-state index contributed by atoms with van der Waals surface area (Å²) in [6.07, 6.45) is 0. The Balaban J connectivity index is 2.26. The number of nitrogens with one attached hydrogen (secondary N) is 1. The van der Waals surface area contributed by atoms with Gasteiger partial charge in [0.1, 0.15) is 17.8 Å². The summed E-state index contributed by atoms with van der Waals surface area (Å²) in [6, 6.07) is 7.79. The molecule has 0 bridgehead atoms. The maximum absolute atomic E-state index is 12.8. The van der Waals surface area contributed by atoms with Crippen molar-refractivity contribution < 1.29 is 23.1 Å². The summed E-state index contributed by atoms with van der Waals surface area (Å²) in [7, 11) is 0. The first kappa shape index (κ1) is 14.1. The topological polar surface area (TPSA) is 79.5 Å². The summed E-state index contributed by atoms with van der Waals surface area (Å²) in [4.78, 5) is 23.3. The van der Waals surface area contributed by atoms with E-state index < -0.39 is 30.6 Å². The van der Waals surface area contributed by atoms with E-state index in [0.29, 0.717) is 11.0 Å². The number of hydrogen-bond donors (Lipinski definition) is 2. The minimum atomic E-state index is -3.44. The minimum absolute atomic E-state index is 0.301. The van der Waals surface area contributed by atoms with Gasteiger partial charge in [-0.2, -0.15) is 0 Å². The molecule has 0 aliphatic rings. The van der Waals surface area contributed by atoms with Crippen LogP contribution >= 0.6 is 0 Å². The molecule has 1 heterocycles. The van der Waals surface area contributed by atoms with Crippen molar-refractivity contribution in [2.24, 2.45) is 0 Å². The van der Waals surface area contributed by atoms with Crippen LogP contribution in [0.3, 0.4) is 0 Å². The molecule has 0 aliphatic carbocycles. The van der Waals surface area contributed by atoms with Crippen molar-refractivity contribution >= 4 is 16.9 Å². The largest absolute Gasteiger partial charge is 0.422 e. The van der Waals surface area contributed by atoms with Gasteiger partial charge in [0.15, 0.2) is 0 Å². The van der Waals surface area contributed by atoms with E-state index in [4.69, 9.17) is 9.52 Å². The normalized spacial score (nSPS) is 11.6. The molecule has 0 atom stereocenters. The molecule has 0 radical (unpaired) electrons. The number of halogens is 2. The Morgan fingerprint density at radius 3 is 2.75 bits per heavy atom. The number of alkyl halides is 2. The van der Waals surface area contributed by atoms with Crippen LogP contribution in [0.15, 0.2) is 39.5 Å². The van der Waals surface area contributed by atoms with E-state index in [1.807, 2.05) is 5.32 Å². The van der Waals surface area contributed by atoms with E-state index in [1.165, 1.54) is 6.07 Å². The molecular weight excluding hydrogens is 272 g/mol. The fourth-order valence-electron chi connectivity index (χ4n) is 1.58. The summed E-state index contributed by atoms with van der Waals surface area (Å²) < 4.78 is 30.6. The molecule has 1 aromatic carbocycles. The first-order chi connectivity index (χ1) is 9.43. The number of carbonyl (C=O) groups excluding carboxylic acids is 1. The fraction of sp³-hybridized carbons (Fsp3) is 0.231. The molecule has 1 amide bonds. The number of aliphatic hydroxyl groups excluding tert-OH is 1. The number of hydrogen-bond acceptors (Lipinski definition) is 4. The quantitative estimate of drug-likeness (QED) is 0.825. The Bertz CT molecular complexity index is 696. The monoisotopic (exact) mass is 283 g/mol. The van der Waals surface area contributed by atoms with Gasteiger partial charge in [-0.05, 0) is 12.1 Å². The molecule has 0 spiro atoms. The molecule has 20 heavy (non-hydrogen) atoms. The third-order valence-electron chi connectivity index (χ3n) is 2.62. The second-order valence-corrected chi connectivity index (χ2v) is 4.18. The molecule has 0 saturated heterocycles. The summed E-state index contributed by atoms with van der Waals surface area (Å²) in [5.74, 6) is -4.41. The van der Waals surface area contributed by atoms with E-state index in [0.717, 1.165) is 0 Å². The van der Waals surface area contributed by atoms with Crippen LogP contribution in [0.1, 0.15) is 10.4 Å². The molecule has 0 saturated carbocycles. The molecule has 0 aliphatic heterocycles. The Kier molecular flexibility index (Phi) is 3.80. The minimum Gasteiger partial charge on any atom is -0.422 e. The van der Waals surface area contributed by atoms with E-state index in [9.17, 15) is 18.4 Å². The number of para-hydroxylation sites is 1. The van der Waals surface area contributed by atoms with Gasteiger partial charge < -0.3 is 14.8 Å². The van der Waals surface area contributed by atoms with Crippen LogP contribution in [-0.4, -0.2) is 30.1 Å². The predicted molar refractivity (Wildman–Crippen MR) is 66.9 cm³/mol. The average Bonchev–Trinajstić information content (AvgIpc) is 2.44. The zero-order valence-electron chi connectivity index (χ0n) is 10.2. The Morgan fingerprint density at radius 2 is 2.05 bits per heavy atom. The lowest BCUT2D eigenvalue weighted by Gasteiger charge is -2.13. The van der Waals surface area contributed by atoms with Crippen LogP contribution in [0.4, 0.5) is 8.78 Å². The van der Waals surface area contributed by atoms with Crippen LogP contribution in [0, 0.1) is 0 Å². The van der Waals surface area contributed by atoms with Gasteiger partial charge in [0, 0.05) is 5.39 Å². The smallest absolute Gasteiger partial charge is 0.349 e. The van der Waals surface area contributed by atoms with Crippen molar-refractivity contribution in [3.8, 4) is 0 Å². The van der Waals surface area contributed by atoms with E-state index in [-0.39, 0.29) is 5.56 Å². The maximum atomic E-state index is 12.8. The Labute approximate surface area is 111 Å². The van der Waals surface area contributed by atoms with E-state index in [2.05, 4.69) is 0 Å². The van der Waals surface area contributed by atoms with Gasteiger partial charge in [-0.25, -0.2) is 13.6 Å². The van der Waals surface area contributed by atoms with Gasteiger partial charge >= 0.3 is 5.63 Å². The number of carbonyl (C=O) groups is 1. The summed E-state index contributed by atoms with van der Waals surface area (Å²) >= 11 is 0. The van der Waals surface area contributed by atoms with Crippen LogP contribution in [-0.2, 0) is 0 Å². The third kappa shape index (κ3) is 3.00. The zero-order chi connectivity index (χ0) is 14.8. The van der Waals surface area contributed by atoms with Gasteiger partial charge in [-0.15, -0.1) is 0 Å². The Morgan fingerprint density at radius 1 is 1.35 bits per heavy atom. The predicted octanol–water partition coefficient (Wildman–Crippen LogP) is 1.15. The summed E-state index contributed by atoms with van der Waals surface area (Å²) in [5, 5.41) is 10.8. The van der Waals surface area contributed by atoms with Crippen molar-refractivity contribution in [3.05, 3.63) is 46.3 Å². The lowest BCUT2D eigenvalue weighted by molar-refractivity contribution is -0.0462. The van der Waals surface area contributed by atoms with Crippen molar-refractivity contribution in [1.82, 2.24) is 5.32 Å². The lowest BCUT2D eigenvalue weighted by atomic mass is 10.2. The third-order valence-corrected chi connectivity index (χ3v) is 2.62. The van der Waals surface area contributed by atoms with Crippen molar-refractivity contribution in [2.75, 3.05) is 13.2 Å². The van der Waals surface area contributed by atoms with Gasteiger partial charge in [0.2, 0.25) is 0 Å². The molecule has 1 aromatic heterocycles. The molecule has 2 rings (SSSR count). The highest BCUT2D eigenvalue weighted by Crippen LogP contribution is 2.13. The highest BCUT2D eigenvalue weighted by Gasteiger charge is 2.28. The van der Waals surface area contributed by atoms with Gasteiger partial charge in [0.05, 0.1) is 6.54 Å². The van der Waals surface area contributed by atoms with Gasteiger partial charge in [0.25, 0.3) is 11.8 Å². The number of aliphatic hydroxyl groups is 1. The van der Waals surface area contributed by atoms with Crippen LogP contribution in [0.5, 0.6) is 0 Å². The second-order valence-electron chi connectivity index (χ2n) is 4.18. The Hall–Kier alpha value is -2.28. The van der Waals surface area contributed by atoms with Crippen molar-refractivity contribution in [2.45, 2.75) is 5.92 Å². The average molecular weight is 283 g/mol. The molecule has 0 fully saturated rings. The highest BCUT2D eigenvalue weighted by molar-refractivity contribution is 5.96. The first-order valence-electron chi connectivity index (χ1n) is 5.73. The number of rotatable bonds is 4. The van der Waals surface area contributed by atoms with Crippen LogP contribution in [0.25, 0.3) is 11.0 Å². The van der Waals surface area contributed by atoms with E-state index >= 15 is 0 Å². The van der Waals surface area contributed by atoms with Crippen LogP contribution in [0.2, 0.25) is 0 Å². The molecular formula is C13H11F2NO4. The molecule has 5 nitrogen and oxygen atoms in total. The molecule has 0 unspecified atom stereocenters. The second kappa shape index (κ2) is 5.38. The first-order valence-corrected chi connectivity index (χ1v) is 5.73. The number of fused-ring (bicyclic) bond motifs is 1. The summed E-state index contributed by atoms with van der Waals surface area (Å²) in [5.41, 5.74) is -0.972. The standard InChI is InChI=1S/C13H11F2NO4/c14-13(15,7-17)6-16-11(18)9-5-8-3-1-2-4-10(8)20-12(9)19/h1-5,17H,6-7H2,(H,16,18). The molecule has 106 valence electrons. The molecule has 2 aromatic rings. The summed E-state index contributed by atoms with van der Waals surface area (Å²) in [6.45, 7) is -2.45. The fourth-order valence-corrected chi connectivity index (χ4v) is 1.58. The van der Waals surface area contributed by atoms with Crippen molar-refractivity contribution in [1.29, 1.82) is 0 Å². The highest BCUT2D eigenvalue weighted by atomic mass is 19.3. The SMILES string of the molecule is O=C(NCC(F)(F)CO)c1cc2ccccc2oc1=O. The van der Waals surface area contributed by atoms with Crippen LogP contribution < -0.4 is 10.9 Å². The van der Waals surface area contributed by atoms with Crippen molar-refractivity contribution in [3.63, 3.8) is 0 Å². The van der Waals surface area contributed by atoms with Gasteiger partial charge in [-0.3, -0.25) is 4.79 Å². The van der Waals surface area contributed by atoms with Gasteiger partial charge in [-0.1, -0.05) is 18.2 Å². The number of benzene rings is 1. The molecule has 2 N–H and O–H groups in total. The lowest BCUT2D eigenvalue weighted by Crippen LogP contribution is -2.40.